The highest BCUT2D eigenvalue weighted by Crippen LogP contribution is 2.07. The van der Waals surface area contributed by atoms with Crippen LogP contribution in [0.3, 0.4) is 0 Å². The zero-order valence-corrected chi connectivity index (χ0v) is 10.9. The normalized spacial score (nSPS) is 10.2. The maximum absolute atomic E-state index is 11.7. The second-order valence-electron chi connectivity index (χ2n) is 4.36. The molecule has 0 spiro atoms. The SMILES string of the molecule is Cc1ccccc1CNC(=O)Cn1cnc([N+](=O)[O-])c1. The Bertz CT molecular complexity index is 636. The number of nitrogens with zero attached hydrogens (tertiary/aromatic N) is 3. The van der Waals surface area contributed by atoms with Gasteiger partial charge >= 0.3 is 5.82 Å². The molecule has 1 N–H and O–H groups in total. The van der Waals surface area contributed by atoms with Crippen molar-refractivity contribution >= 4 is 11.7 Å². The summed E-state index contributed by atoms with van der Waals surface area (Å²) in [4.78, 5) is 25.2. The van der Waals surface area contributed by atoms with Crippen molar-refractivity contribution in [3.63, 3.8) is 0 Å². The molecule has 0 aliphatic heterocycles. The third-order valence-electron chi connectivity index (χ3n) is 2.87. The van der Waals surface area contributed by atoms with E-state index in [1.165, 1.54) is 17.1 Å². The van der Waals surface area contributed by atoms with Crippen LogP contribution in [0.1, 0.15) is 11.1 Å². The molecule has 1 aromatic carbocycles. The number of imidazole rings is 1. The standard InChI is InChI=1S/C13H14N4O3/c1-10-4-2-3-5-11(10)6-14-13(18)8-16-7-12(15-9-16)17(19)20/h2-5,7,9H,6,8H2,1H3,(H,14,18). The number of carbonyl (C=O) groups excluding carboxylic acids is 1. The summed E-state index contributed by atoms with van der Waals surface area (Å²) in [7, 11) is 0. The smallest absolute Gasteiger partial charge is 0.358 e. The minimum atomic E-state index is -0.596. The summed E-state index contributed by atoms with van der Waals surface area (Å²) in [5, 5.41) is 13.2. The van der Waals surface area contributed by atoms with Crippen molar-refractivity contribution in [2.75, 3.05) is 0 Å². The second kappa shape index (κ2) is 5.96. The van der Waals surface area contributed by atoms with E-state index in [4.69, 9.17) is 0 Å². The summed E-state index contributed by atoms with van der Waals surface area (Å²) < 4.78 is 1.38. The molecule has 0 saturated heterocycles. The van der Waals surface area contributed by atoms with Crippen LogP contribution in [0.4, 0.5) is 5.82 Å². The molecular formula is C13H14N4O3. The number of rotatable bonds is 5. The van der Waals surface area contributed by atoms with E-state index in [0.29, 0.717) is 6.54 Å². The fourth-order valence-corrected chi connectivity index (χ4v) is 1.75. The van der Waals surface area contributed by atoms with Gasteiger partial charge in [0.05, 0.1) is 0 Å². The molecule has 2 rings (SSSR count). The van der Waals surface area contributed by atoms with Crippen molar-refractivity contribution in [3.8, 4) is 0 Å². The zero-order valence-electron chi connectivity index (χ0n) is 10.9. The highest BCUT2D eigenvalue weighted by molar-refractivity contribution is 5.75. The molecule has 2 aromatic rings. The van der Waals surface area contributed by atoms with E-state index < -0.39 is 4.92 Å². The Morgan fingerprint density at radius 1 is 1.45 bits per heavy atom. The number of hydrogen-bond acceptors (Lipinski definition) is 4. The molecule has 0 bridgehead atoms. The molecule has 0 unspecified atom stereocenters. The van der Waals surface area contributed by atoms with Crippen molar-refractivity contribution in [3.05, 3.63) is 58.0 Å². The van der Waals surface area contributed by atoms with Gasteiger partial charge in [0, 0.05) is 6.54 Å². The molecule has 0 aliphatic carbocycles. The quantitative estimate of drug-likeness (QED) is 0.659. The molecule has 1 amide bonds. The number of aryl methyl sites for hydroxylation is 1. The molecule has 0 fully saturated rings. The van der Waals surface area contributed by atoms with Crippen molar-refractivity contribution in [1.29, 1.82) is 0 Å². The first-order valence-corrected chi connectivity index (χ1v) is 6.03. The monoisotopic (exact) mass is 274 g/mol. The summed E-state index contributed by atoms with van der Waals surface area (Å²) in [6.45, 7) is 2.41. The Hall–Kier alpha value is -2.70. The van der Waals surface area contributed by atoms with Gasteiger partial charge in [-0.25, -0.2) is 0 Å². The molecule has 20 heavy (non-hydrogen) atoms. The van der Waals surface area contributed by atoms with Gasteiger partial charge in [0.25, 0.3) is 0 Å². The first-order chi connectivity index (χ1) is 9.56. The van der Waals surface area contributed by atoms with E-state index >= 15 is 0 Å². The lowest BCUT2D eigenvalue weighted by atomic mass is 10.1. The third-order valence-corrected chi connectivity index (χ3v) is 2.87. The van der Waals surface area contributed by atoms with E-state index in [0.717, 1.165) is 11.1 Å². The van der Waals surface area contributed by atoms with Crippen LogP contribution in [0.15, 0.2) is 36.8 Å². The molecule has 0 aliphatic rings. The number of nitro groups is 1. The van der Waals surface area contributed by atoms with Gasteiger partial charge in [-0.1, -0.05) is 24.3 Å². The zero-order chi connectivity index (χ0) is 14.5. The van der Waals surface area contributed by atoms with Crippen LogP contribution >= 0.6 is 0 Å². The number of nitrogens with one attached hydrogen (secondary N) is 1. The summed E-state index contributed by atoms with van der Waals surface area (Å²) in [6.07, 6.45) is 2.50. The minimum absolute atomic E-state index is 0.00667. The van der Waals surface area contributed by atoms with Crippen molar-refractivity contribution in [2.45, 2.75) is 20.0 Å². The Morgan fingerprint density at radius 3 is 2.85 bits per heavy atom. The van der Waals surface area contributed by atoms with Crippen LogP contribution in [-0.4, -0.2) is 20.4 Å². The van der Waals surface area contributed by atoms with Crippen LogP contribution in [0.25, 0.3) is 0 Å². The molecular weight excluding hydrogens is 260 g/mol. The van der Waals surface area contributed by atoms with Gasteiger partial charge in [-0.15, -0.1) is 0 Å². The van der Waals surface area contributed by atoms with Crippen molar-refractivity contribution in [1.82, 2.24) is 14.9 Å². The van der Waals surface area contributed by atoms with E-state index in [1.54, 1.807) is 0 Å². The molecule has 7 heteroatoms. The summed E-state index contributed by atoms with van der Waals surface area (Å²) in [5.41, 5.74) is 2.14. The minimum Gasteiger partial charge on any atom is -0.358 e. The molecule has 7 nitrogen and oxygen atoms in total. The third kappa shape index (κ3) is 3.41. The number of carbonyl (C=O) groups is 1. The number of benzene rings is 1. The van der Waals surface area contributed by atoms with Gasteiger partial charge in [0.15, 0.2) is 0 Å². The average molecular weight is 274 g/mol. The van der Waals surface area contributed by atoms with Crippen LogP contribution in [0.2, 0.25) is 0 Å². The van der Waals surface area contributed by atoms with Crippen molar-refractivity contribution < 1.29 is 9.72 Å². The molecule has 1 aromatic heterocycles. The Balaban J connectivity index is 1.89. The van der Waals surface area contributed by atoms with Crippen LogP contribution in [0.5, 0.6) is 0 Å². The lowest BCUT2D eigenvalue weighted by molar-refractivity contribution is -0.389. The van der Waals surface area contributed by atoms with Gasteiger partial charge in [-0.3, -0.25) is 4.79 Å². The highest BCUT2D eigenvalue weighted by Gasteiger charge is 2.11. The molecule has 104 valence electrons. The van der Waals surface area contributed by atoms with E-state index in [2.05, 4.69) is 10.3 Å². The number of amides is 1. The first-order valence-electron chi connectivity index (χ1n) is 6.03. The first kappa shape index (κ1) is 13.7. The number of hydrogen-bond donors (Lipinski definition) is 1. The Kier molecular flexibility index (Phi) is 4.09. The lowest BCUT2D eigenvalue weighted by Crippen LogP contribution is -2.26. The highest BCUT2D eigenvalue weighted by atomic mass is 16.6. The van der Waals surface area contributed by atoms with Crippen molar-refractivity contribution in [2.24, 2.45) is 0 Å². The summed E-state index contributed by atoms with van der Waals surface area (Å²) >= 11 is 0. The van der Waals surface area contributed by atoms with Crippen LogP contribution in [0, 0.1) is 17.0 Å². The average Bonchev–Trinajstić information content (AvgIpc) is 2.86. The predicted octanol–water partition coefficient (Wildman–Crippen LogP) is 1.42. The molecule has 0 saturated carbocycles. The van der Waals surface area contributed by atoms with Gasteiger partial charge in [0.2, 0.25) is 12.2 Å². The summed E-state index contributed by atoms with van der Waals surface area (Å²) in [5.74, 6) is -0.489. The van der Waals surface area contributed by atoms with E-state index in [-0.39, 0.29) is 18.3 Å². The maximum atomic E-state index is 11.7. The lowest BCUT2D eigenvalue weighted by Gasteiger charge is -2.07. The largest absolute Gasteiger partial charge is 0.381 e. The van der Waals surface area contributed by atoms with Gasteiger partial charge in [0.1, 0.15) is 12.7 Å². The van der Waals surface area contributed by atoms with Gasteiger partial charge < -0.3 is 20.0 Å². The van der Waals surface area contributed by atoms with Gasteiger partial charge in [-0.05, 0) is 28.0 Å². The van der Waals surface area contributed by atoms with Crippen LogP contribution < -0.4 is 5.32 Å². The fourth-order valence-electron chi connectivity index (χ4n) is 1.75. The fraction of sp³-hybridized carbons (Fsp3) is 0.231. The second-order valence-corrected chi connectivity index (χ2v) is 4.36. The van der Waals surface area contributed by atoms with Gasteiger partial charge in [-0.2, -0.15) is 0 Å². The van der Waals surface area contributed by atoms with E-state index in [1.807, 2.05) is 31.2 Å². The molecule has 1 heterocycles. The van der Waals surface area contributed by atoms with E-state index in [9.17, 15) is 14.9 Å². The Labute approximate surface area is 115 Å². The molecule has 0 atom stereocenters. The Morgan fingerprint density at radius 2 is 2.20 bits per heavy atom. The topological polar surface area (TPSA) is 90.1 Å². The predicted molar refractivity (Wildman–Crippen MR) is 71.9 cm³/mol. The molecule has 0 radical (unpaired) electrons. The maximum Gasteiger partial charge on any atom is 0.381 e. The number of aromatic nitrogens is 2. The summed E-state index contributed by atoms with van der Waals surface area (Å²) in [6, 6.07) is 7.76. The van der Waals surface area contributed by atoms with Crippen LogP contribution in [-0.2, 0) is 17.9 Å².